The topological polar surface area (TPSA) is 96.4 Å². The molecule has 0 radical (unpaired) electrons. The Balaban J connectivity index is 1.24. The zero-order chi connectivity index (χ0) is 27.7. The lowest BCUT2D eigenvalue weighted by Crippen LogP contribution is -2.42. The van der Waals surface area contributed by atoms with Gasteiger partial charge in [-0.15, -0.1) is 0 Å². The van der Waals surface area contributed by atoms with E-state index < -0.39 is 17.7 Å². The number of fused-ring (bicyclic) bond motifs is 4. The van der Waals surface area contributed by atoms with Crippen LogP contribution in [0.3, 0.4) is 0 Å². The van der Waals surface area contributed by atoms with E-state index in [1.165, 1.54) is 11.1 Å². The highest BCUT2D eigenvalue weighted by atomic mass is 16.6. The Kier molecular flexibility index (Phi) is 7.56. The molecule has 3 atom stereocenters. The summed E-state index contributed by atoms with van der Waals surface area (Å²) in [4.78, 5) is 40.8. The standard InChI is InChI=1S/C31H38N2O6/c1-31(2,3)39-29(36)32-17-20-15-22(16-21(20)18-32)33(14-8-13-28(34)35)30(37)38-19-27-25-11-6-4-9-23(25)24-10-5-7-12-26(24)27/h4-7,9-12,20-22,27H,8,13-19H2,1-3H3,(H,34,35)/t20-,21+,22?. The minimum atomic E-state index is -0.876. The maximum Gasteiger partial charge on any atom is 0.410 e. The van der Waals surface area contributed by atoms with Gasteiger partial charge < -0.3 is 24.4 Å². The first kappa shape index (κ1) is 27.0. The van der Waals surface area contributed by atoms with Crippen LogP contribution in [0.25, 0.3) is 11.1 Å². The Morgan fingerprint density at radius 1 is 0.949 bits per heavy atom. The second-order valence-electron chi connectivity index (χ2n) is 12.0. The van der Waals surface area contributed by atoms with Crippen LogP contribution in [0, 0.1) is 11.8 Å². The van der Waals surface area contributed by atoms with Crippen molar-refractivity contribution in [1.29, 1.82) is 0 Å². The number of carboxylic acids is 1. The number of amides is 2. The predicted octanol–water partition coefficient (Wildman–Crippen LogP) is 5.75. The SMILES string of the molecule is CC(C)(C)OC(=O)N1C[C@H]2CC(N(CCCC(=O)O)C(=O)OCC3c4ccccc4-c4ccccc43)C[C@H]2C1. The Morgan fingerprint density at radius 2 is 1.51 bits per heavy atom. The lowest BCUT2D eigenvalue weighted by atomic mass is 9.98. The molecule has 2 aromatic carbocycles. The van der Waals surface area contributed by atoms with Crippen molar-refractivity contribution < 1.29 is 29.0 Å². The molecule has 3 aliphatic rings. The molecule has 1 unspecified atom stereocenters. The second kappa shape index (κ2) is 10.9. The van der Waals surface area contributed by atoms with E-state index in [1.54, 1.807) is 9.80 Å². The number of ether oxygens (including phenoxy) is 2. The number of carbonyl (C=O) groups excluding carboxylic acids is 2. The van der Waals surface area contributed by atoms with Gasteiger partial charge in [-0.3, -0.25) is 4.79 Å². The smallest absolute Gasteiger partial charge is 0.410 e. The minimum absolute atomic E-state index is 0.000839. The quantitative estimate of drug-likeness (QED) is 0.486. The largest absolute Gasteiger partial charge is 0.481 e. The number of nitrogens with zero attached hydrogens (tertiary/aromatic N) is 2. The molecule has 0 bridgehead atoms. The fourth-order valence-corrected chi connectivity index (χ4v) is 6.50. The highest BCUT2D eigenvalue weighted by molar-refractivity contribution is 5.79. The summed E-state index contributed by atoms with van der Waals surface area (Å²) in [5.74, 6) is -0.344. The number of hydrogen-bond donors (Lipinski definition) is 1. The molecule has 8 nitrogen and oxygen atoms in total. The molecule has 1 saturated heterocycles. The van der Waals surface area contributed by atoms with Crippen LogP contribution in [0.2, 0.25) is 0 Å². The molecule has 1 heterocycles. The average molecular weight is 535 g/mol. The minimum Gasteiger partial charge on any atom is -0.481 e. The summed E-state index contributed by atoms with van der Waals surface area (Å²) >= 11 is 0. The number of likely N-dealkylation sites (tertiary alicyclic amines) is 1. The lowest BCUT2D eigenvalue weighted by molar-refractivity contribution is -0.137. The van der Waals surface area contributed by atoms with E-state index in [2.05, 4.69) is 24.3 Å². The van der Waals surface area contributed by atoms with Crippen molar-refractivity contribution >= 4 is 18.2 Å². The Bertz CT molecular complexity index is 1180. The van der Waals surface area contributed by atoms with Crippen LogP contribution < -0.4 is 0 Å². The van der Waals surface area contributed by atoms with Crippen molar-refractivity contribution in [3.05, 3.63) is 59.7 Å². The molecule has 1 saturated carbocycles. The summed E-state index contributed by atoms with van der Waals surface area (Å²) in [6.45, 7) is 7.38. The fraction of sp³-hybridized carbons (Fsp3) is 0.516. The Morgan fingerprint density at radius 3 is 2.05 bits per heavy atom. The second-order valence-corrected chi connectivity index (χ2v) is 12.0. The molecular formula is C31H38N2O6. The summed E-state index contributed by atoms with van der Waals surface area (Å²) in [6.07, 6.45) is 1.22. The predicted molar refractivity (Wildman–Crippen MR) is 146 cm³/mol. The van der Waals surface area contributed by atoms with Crippen molar-refractivity contribution in [2.24, 2.45) is 11.8 Å². The Labute approximate surface area is 229 Å². The molecule has 0 spiro atoms. The molecule has 5 rings (SSSR count). The maximum atomic E-state index is 13.5. The number of aliphatic carboxylic acids is 1. The van der Waals surface area contributed by atoms with Gasteiger partial charge in [-0.1, -0.05) is 48.5 Å². The molecule has 208 valence electrons. The van der Waals surface area contributed by atoms with Gasteiger partial charge in [0.1, 0.15) is 12.2 Å². The van der Waals surface area contributed by atoms with Gasteiger partial charge in [0.2, 0.25) is 0 Å². The number of carbonyl (C=O) groups is 3. The maximum absolute atomic E-state index is 13.5. The molecule has 1 N–H and O–H groups in total. The van der Waals surface area contributed by atoms with Gasteiger partial charge in [0, 0.05) is 38.0 Å². The van der Waals surface area contributed by atoms with Crippen molar-refractivity contribution in [3.8, 4) is 11.1 Å². The van der Waals surface area contributed by atoms with E-state index in [9.17, 15) is 19.5 Å². The van der Waals surface area contributed by atoms with Gasteiger partial charge in [-0.25, -0.2) is 9.59 Å². The number of rotatable bonds is 7. The monoisotopic (exact) mass is 534 g/mol. The zero-order valence-corrected chi connectivity index (χ0v) is 23.0. The summed E-state index contributed by atoms with van der Waals surface area (Å²) < 4.78 is 11.5. The van der Waals surface area contributed by atoms with Crippen LogP contribution in [-0.4, -0.2) is 70.9 Å². The molecule has 0 aromatic heterocycles. The molecule has 2 aliphatic carbocycles. The van der Waals surface area contributed by atoms with Gasteiger partial charge in [0.15, 0.2) is 0 Å². The van der Waals surface area contributed by atoms with Crippen molar-refractivity contribution in [2.45, 2.75) is 64.0 Å². The first-order valence-electron chi connectivity index (χ1n) is 13.9. The lowest BCUT2D eigenvalue weighted by Gasteiger charge is -2.30. The van der Waals surface area contributed by atoms with E-state index in [-0.39, 0.29) is 42.9 Å². The Hall–Kier alpha value is -3.55. The number of carboxylic acid groups (broad SMARTS) is 1. The highest BCUT2D eigenvalue weighted by Gasteiger charge is 2.46. The van der Waals surface area contributed by atoms with E-state index in [0.29, 0.717) is 26.1 Å². The molecule has 2 amide bonds. The summed E-state index contributed by atoms with van der Waals surface area (Å²) in [6, 6.07) is 16.4. The van der Waals surface area contributed by atoms with E-state index in [1.807, 2.05) is 45.0 Å². The summed E-state index contributed by atoms with van der Waals surface area (Å²) in [5, 5.41) is 9.17. The van der Waals surface area contributed by atoms with Gasteiger partial charge >= 0.3 is 18.2 Å². The zero-order valence-electron chi connectivity index (χ0n) is 23.0. The first-order chi connectivity index (χ1) is 18.6. The molecule has 2 fully saturated rings. The normalized spacial score (nSPS) is 21.7. The van der Waals surface area contributed by atoms with Crippen LogP contribution in [0.4, 0.5) is 9.59 Å². The third kappa shape index (κ3) is 5.89. The third-order valence-corrected chi connectivity index (χ3v) is 8.18. The van der Waals surface area contributed by atoms with E-state index in [0.717, 1.165) is 24.0 Å². The first-order valence-corrected chi connectivity index (χ1v) is 13.9. The number of hydrogen-bond acceptors (Lipinski definition) is 5. The van der Waals surface area contributed by atoms with Crippen LogP contribution >= 0.6 is 0 Å². The highest BCUT2D eigenvalue weighted by Crippen LogP contribution is 2.45. The van der Waals surface area contributed by atoms with Crippen LogP contribution in [0.15, 0.2) is 48.5 Å². The van der Waals surface area contributed by atoms with Gasteiger partial charge in [0.05, 0.1) is 0 Å². The van der Waals surface area contributed by atoms with Gasteiger partial charge in [-0.2, -0.15) is 0 Å². The third-order valence-electron chi connectivity index (χ3n) is 8.18. The van der Waals surface area contributed by atoms with Crippen LogP contribution in [0.1, 0.15) is 63.5 Å². The summed E-state index contributed by atoms with van der Waals surface area (Å²) in [7, 11) is 0. The molecule has 1 aliphatic heterocycles. The van der Waals surface area contributed by atoms with E-state index >= 15 is 0 Å². The van der Waals surface area contributed by atoms with Crippen LogP contribution in [-0.2, 0) is 14.3 Å². The molecule has 2 aromatic rings. The fourth-order valence-electron chi connectivity index (χ4n) is 6.50. The summed E-state index contributed by atoms with van der Waals surface area (Å²) in [5.41, 5.74) is 4.11. The molecular weight excluding hydrogens is 496 g/mol. The molecule has 39 heavy (non-hydrogen) atoms. The van der Waals surface area contributed by atoms with Gasteiger partial charge in [0.25, 0.3) is 0 Å². The van der Waals surface area contributed by atoms with Crippen molar-refractivity contribution in [2.75, 3.05) is 26.2 Å². The van der Waals surface area contributed by atoms with E-state index in [4.69, 9.17) is 9.47 Å². The van der Waals surface area contributed by atoms with Crippen molar-refractivity contribution in [3.63, 3.8) is 0 Å². The van der Waals surface area contributed by atoms with Gasteiger partial charge in [-0.05, 0) is 74.1 Å². The average Bonchev–Trinajstić information content (AvgIpc) is 3.54. The molecule has 8 heteroatoms. The van der Waals surface area contributed by atoms with Crippen LogP contribution in [0.5, 0.6) is 0 Å². The van der Waals surface area contributed by atoms with Crippen molar-refractivity contribution in [1.82, 2.24) is 9.80 Å². The number of benzene rings is 2.